The number of nitrogens with zero attached hydrogens (tertiary/aromatic N) is 1. The lowest BCUT2D eigenvalue weighted by Crippen LogP contribution is -2.55. The number of hydrogen-bond acceptors (Lipinski definition) is 4. The Hall–Kier alpha value is -0.530. The number of nitrogens with two attached hydrogens (primary N) is 1. The van der Waals surface area contributed by atoms with Crippen LogP contribution in [0, 0.1) is 5.82 Å². The second-order valence-corrected chi connectivity index (χ2v) is 6.34. The molecule has 3 N–H and O–H groups in total. The summed E-state index contributed by atoms with van der Waals surface area (Å²) in [4.78, 5) is 2.37. The fraction of sp³-hybridized carbons (Fsp3) is 0.600. The topological polar surface area (TPSA) is 50.5 Å². The second-order valence-electron chi connectivity index (χ2n) is 5.42. The van der Waals surface area contributed by atoms with Gasteiger partial charge in [0, 0.05) is 17.6 Å². The predicted octanol–water partition coefficient (Wildman–Crippen LogP) is 2.07. The Bertz CT molecular complexity index is 459. The van der Waals surface area contributed by atoms with Crippen LogP contribution in [0.25, 0.3) is 0 Å². The highest BCUT2D eigenvalue weighted by atomic mass is 79.9. The van der Waals surface area contributed by atoms with Crippen LogP contribution in [0.5, 0.6) is 0 Å². The van der Waals surface area contributed by atoms with Crippen LogP contribution in [0.3, 0.4) is 0 Å². The summed E-state index contributed by atoms with van der Waals surface area (Å²) >= 11 is 3.27. The Morgan fingerprint density at radius 1 is 1.57 bits per heavy atom. The number of hydrazine groups is 1. The number of ether oxygens (including phenoxy) is 1. The van der Waals surface area contributed by atoms with E-state index in [-0.39, 0.29) is 18.0 Å². The van der Waals surface area contributed by atoms with Crippen LogP contribution in [0.2, 0.25) is 0 Å². The largest absolute Gasteiger partial charge is 0.374 e. The molecule has 6 heteroatoms. The quantitative estimate of drug-likeness (QED) is 0.603. The standard InChI is InChI=1S/C15H23BrFN3O/c1-2-5-20-6-7-21-15(10-20)14(19-18)8-11-3-4-12(16)9-13(11)17/h3-4,9,14-15,19H,2,5-8,10,18H2,1H3. The molecule has 4 nitrogen and oxygen atoms in total. The van der Waals surface area contributed by atoms with E-state index in [1.54, 1.807) is 6.07 Å². The maximum atomic E-state index is 14.0. The van der Waals surface area contributed by atoms with Gasteiger partial charge in [-0.15, -0.1) is 0 Å². The van der Waals surface area contributed by atoms with Gasteiger partial charge >= 0.3 is 0 Å². The van der Waals surface area contributed by atoms with Gasteiger partial charge in [-0.05, 0) is 37.1 Å². The van der Waals surface area contributed by atoms with E-state index < -0.39 is 0 Å². The van der Waals surface area contributed by atoms with E-state index in [0.29, 0.717) is 18.6 Å². The van der Waals surface area contributed by atoms with E-state index in [1.807, 2.05) is 6.07 Å². The molecule has 2 atom stereocenters. The number of benzene rings is 1. The van der Waals surface area contributed by atoms with Gasteiger partial charge in [-0.25, -0.2) is 4.39 Å². The fourth-order valence-electron chi connectivity index (χ4n) is 2.72. The van der Waals surface area contributed by atoms with Crippen molar-refractivity contribution in [2.75, 3.05) is 26.2 Å². The molecule has 1 aliphatic heterocycles. The van der Waals surface area contributed by atoms with Gasteiger partial charge in [-0.3, -0.25) is 16.2 Å². The van der Waals surface area contributed by atoms with Gasteiger partial charge in [0.2, 0.25) is 0 Å². The van der Waals surface area contributed by atoms with E-state index in [2.05, 4.69) is 33.2 Å². The minimum absolute atomic E-state index is 0.0154. The minimum atomic E-state index is -0.217. The first-order valence-corrected chi connectivity index (χ1v) is 8.17. The van der Waals surface area contributed by atoms with Crippen molar-refractivity contribution in [3.8, 4) is 0 Å². The molecule has 1 heterocycles. The van der Waals surface area contributed by atoms with Crippen LogP contribution in [-0.2, 0) is 11.2 Å². The van der Waals surface area contributed by atoms with Crippen molar-refractivity contribution in [1.82, 2.24) is 10.3 Å². The second kappa shape index (κ2) is 8.19. The van der Waals surface area contributed by atoms with Crippen molar-refractivity contribution in [3.05, 3.63) is 34.1 Å². The van der Waals surface area contributed by atoms with Crippen LogP contribution in [0.1, 0.15) is 18.9 Å². The number of rotatable bonds is 6. The van der Waals surface area contributed by atoms with Crippen molar-refractivity contribution in [1.29, 1.82) is 0 Å². The highest BCUT2D eigenvalue weighted by molar-refractivity contribution is 9.10. The number of morpholine rings is 1. The summed E-state index contributed by atoms with van der Waals surface area (Å²) in [6.07, 6.45) is 1.62. The normalized spacial score (nSPS) is 21.4. The highest BCUT2D eigenvalue weighted by Gasteiger charge is 2.28. The number of halogens is 2. The smallest absolute Gasteiger partial charge is 0.127 e. The van der Waals surface area contributed by atoms with E-state index in [0.717, 1.165) is 30.5 Å². The van der Waals surface area contributed by atoms with E-state index >= 15 is 0 Å². The Labute approximate surface area is 133 Å². The number of hydrogen-bond donors (Lipinski definition) is 2. The van der Waals surface area contributed by atoms with Crippen LogP contribution >= 0.6 is 15.9 Å². The molecule has 0 amide bonds. The fourth-order valence-corrected chi connectivity index (χ4v) is 3.05. The summed E-state index contributed by atoms with van der Waals surface area (Å²) < 4.78 is 20.5. The monoisotopic (exact) mass is 359 g/mol. The Morgan fingerprint density at radius 3 is 3.05 bits per heavy atom. The molecule has 0 radical (unpaired) electrons. The molecule has 0 aliphatic carbocycles. The van der Waals surface area contributed by atoms with Gasteiger partial charge in [-0.2, -0.15) is 0 Å². The molecule has 1 saturated heterocycles. The lowest BCUT2D eigenvalue weighted by molar-refractivity contribution is -0.0463. The first-order chi connectivity index (χ1) is 10.1. The molecule has 118 valence electrons. The molecular formula is C15H23BrFN3O. The van der Waals surface area contributed by atoms with Crippen molar-refractivity contribution < 1.29 is 9.13 Å². The summed E-state index contributed by atoms with van der Waals surface area (Å²) in [5.74, 6) is 5.45. The molecule has 1 aliphatic rings. The average molecular weight is 360 g/mol. The Morgan fingerprint density at radius 2 is 2.38 bits per heavy atom. The lowest BCUT2D eigenvalue weighted by Gasteiger charge is -2.36. The average Bonchev–Trinajstić information content (AvgIpc) is 2.47. The Balaban J connectivity index is 2.01. The third-order valence-corrected chi connectivity index (χ3v) is 4.33. The summed E-state index contributed by atoms with van der Waals surface area (Å²) in [7, 11) is 0. The predicted molar refractivity (Wildman–Crippen MR) is 85.4 cm³/mol. The molecular weight excluding hydrogens is 337 g/mol. The van der Waals surface area contributed by atoms with Gasteiger partial charge in [0.15, 0.2) is 0 Å². The van der Waals surface area contributed by atoms with Crippen molar-refractivity contribution in [2.24, 2.45) is 5.84 Å². The van der Waals surface area contributed by atoms with Gasteiger partial charge in [-0.1, -0.05) is 28.9 Å². The van der Waals surface area contributed by atoms with E-state index in [4.69, 9.17) is 10.6 Å². The third-order valence-electron chi connectivity index (χ3n) is 3.84. The Kier molecular flexibility index (Phi) is 6.57. The van der Waals surface area contributed by atoms with Crippen LogP contribution in [0.15, 0.2) is 22.7 Å². The molecule has 1 aromatic carbocycles. The lowest BCUT2D eigenvalue weighted by atomic mass is 10.00. The first kappa shape index (κ1) is 16.8. The molecule has 1 fully saturated rings. The van der Waals surface area contributed by atoms with Crippen LogP contribution in [-0.4, -0.2) is 43.3 Å². The van der Waals surface area contributed by atoms with Gasteiger partial charge in [0.05, 0.1) is 18.8 Å². The zero-order valence-electron chi connectivity index (χ0n) is 12.3. The third kappa shape index (κ3) is 4.72. The summed E-state index contributed by atoms with van der Waals surface area (Å²) in [5.41, 5.74) is 3.45. The van der Waals surface area contributed by atoms with Crippen LogP contribution < -0.4 is 11.3 Å². The maximum absolute atomic E-state index is 14.0. The van der Waals surface area contributed by atoms with Crippen molar-refractivity contribution in [3.63, 3.8) is 0 Å². The molecule has 2 unspecified atom stereocenters. The molecule has 21 heavy (non-hydrogen) atoms. The molecule has 0 aromatic heterocycles. The summed E-state index contributed by atoms with van der Waals surface area (Å²) in [6.45, 7) is 5.71. The molecule has 1 aromatic rings. The van der Waals surface area contributed by atoms with Gasteiger partial charge in [0.25, 0.3) is 0 Å². The zero-order valence-corrected chi connectivity index (χ0v) is 13.9. The number of nitrogens with one attached hydrogen (secondary N) is 1. The molecule has 0 bridgehead atoms. The molecule has 0 spiro atoms. The molecule has 0 saturated carbocycles. The first-order valence-electron chi connectivity index (χ1n) is 7.38. The maximum Gasteiger partial charge on any atom is 0.127 e. The van der Waals surface area contributed by atoms with E-state index in [1.165, 1.54) is 6.07 Å². The highest BCUT2D eigenvalue weighted by Crippen LogP contribution is 2.19. The van der Waals surface area contributed by atoms with Crippen LogP contribution in [0.4, 0.5) is 4.39 Å². The molecule has 2 rings (SSSR count). The zero-order chi connectivity index (χ0) is 15.2. The summed E-state index contributed by atoms with van der Waals surface area (Å²) in [5, 5.41) is 0. The SMILES string of the molecule is CCCN1CCOC(C(Cc2ccc(Br)cc2F)NN)C1. The van der Waals surface area contributed by atoms with Gasteiger partial charge < -0.3 is 4.74 Å². The minimum Gasteiger partial charge on any atom is -0.374 e. The van der Waals surface area contributed by atoms with Crippen molar-refractivity contribution in [2.45, 2.75) is 31.9 Å². The van der Waals surface area contributed by atoms with E-state index in [9.17, 15) is 4.39 Å². The van der Waals surface area contributed by atoms with Gasteiger partial charge in [0.1, 0.15) is 5.82 Å². The van der Waals surface area contributed by atoms with Crippen molar-refractivity contribution >= 4 is 15.9 Å². The summed E-state index contributed by atoms with van der Waals surface area (Å²) in [6, 6.07) is 5.02.